The van der Waals surface area contributed by atoms with Crippen molar-refractivity contribution in [2.75, 3.05) is 0 Å². The Hall–Kier alpha value is -4.14. The lowest BCUT2D eigenvalue weighted by Crippen LogP contribution is -2.14. The number of non-ortho nitro benzene ring substituents is 1. The molecule has 0 aliphatic carbocycles. The number of hydrogen-bond donors (Lipinski definition) is 1. The minimum atomic E-state index is -0.578. The fourth-order valence-electron chi connectivity index (χ4n) is 2.85. The molecule has 0 fully saturated rings. The lowest BCUT2D eigenvalue weighted by Gasteiger charge is -2.07. The van der Waals surface area contributed by atoms with Gasteiger partial charge in [0.15, 0.2) is 0 Å². The molecule has 4 aromatic rings. The Labute approximate surface area is 157 Å². The third-order valence-electron chi connectivity index (χ3n) is 4.12. The minimum Gasteiger partial charge on any atom is -0.333 e. The minimum absolute atomic E-state index is 0.112. The van der Waals surface area contributed by atoms with Gasteiger partial charge in [0, 0.05) is 29.0 Å². The predicted molar refractivity (Wildman–Crippen MR) is 100 cm³/mol. The van der Waals surface area contributed by atoms with Crippen molar-refractivity contribution in [3.63, 3.8) is 0 Å². The highest BCUT2D eigenvalue weighted by Gasteiger charge is 2.21. The van der Waals surface area contributed by atoms with Gasteiger partial charge in [-0.15, -0.1) is 0 Å². The van der Waals surface area contributed by atoms with Crippen LogP contribution in [0.4, 0.5) is 5.69 Å². The van der Waals surface area contributed by atoms with Gasteiger partial charge in [-0.2, -0.15) is 9.97 Å². The smallest absolute Gasteiger partial charge is 0.333 e. The molecule has 9 heteroatoms. The van der Waals surface area contributed by atoms with E-state index in [2.05, 4.69) is 20.1 Å². The third kappa shape index (κ3) is 3.16. The second kappa shape index (κ2) is 6.88. The normalized spacial score (nSPS) is 10.8. The Morgan fingerprint density at radius 3 is 2.54 bits per heavy atom. The van der Waals surface area contributed by atoms with Crippen molar-refractivity contribution in [2.24, 2.45) is 0 Å². The van der Waals surface area contributed by atoms with Crippen molar-refractivity contribution in [3.05, 3.63) is 80.9 Å². The molecule has 0 radical (unpaired) electrons. The molecule has 0 saturated carbocycles. The first kappa shape index (κ1) is 17.3. The molecule has 0 atom stereocenters. The van der Waals surface area contributed by atoms with E-state index in [9.17, 15) is 14.9 Å². The van der Waals surface area contributed by atoms with Crippen LogP contribution in [0, 0.1) is 17.0 Å². The van der Waals surface area contributed by atoms with Gasteiger partial charge in [0.05, 0.1) is 16.2 Å². The van der Waals surface area contributed by atoms with Crippen molar-refractivity contribution >= 4 is 5.69 Å². The monoisotopic (exact) mass is 375 g/mol. The number of nitro groups is 1. The second-order valence-corrected chi connectivity index (χ2v) is 5.99. The van der Waals surface area contributed by atoms with Gasteiger partial charge < -0.3 is 9.51 Å². The molecule has 2 aromatic carbocycles. The van der Waals surface area contributed by atoms with Crippen LogP contribution in [0.3, 0.4) is 0 Å². The molecule has 0 unspecified atom stereocenters. The van der Waals surface area contributed by atoms with Crippen LogP contribution in [0.15, 0.2) is 63.9 Å². The molecule has 0 amide bonds. The maximum absolute atomic E-state index is 11.9. The Morgan fingerprint density at radius 1 is 1.04 bits per heavy atom. The van der Waals surface area contributed by atoms with Crippen molar-refractivity contribution in [2.45, 2.75) is 6.92 Å². The molecule has 0 bridgehead atoms. The van der Waals surface area contributed by atoms with Gasteiger partial charge in [-0.25, -0.2) is 4.79 Å². The molecule has 1 N–H and O–H groups in total. The Morgan fingerprint density at radius 2 is 1.79 bits per heavy atom. The molecule has 0 aliphatic rings. The molecule has 2 aromatic heterocycles. The fraction of sp³-hybridized carbons (Fsp3) is 0.0526. The van der Waals surface area contributed by atoms with E-state index in [1.165, 1.54) is 18.2 Å². The van der Waals surface area contributed by atoms with Gasteiger partial charge in [-0.3, -0.25) is 10.1 Å². The van der Waals surface area contributed by atoms with E-state index >= 15 is 0 Å². The van der Waals surface area contributed by atoms with E-state index in [1.54, 1.807) is 13.0 Å². The Balaban J connectivity index is 1.89. The average molecular weight is 375 g/mol. The van der Waals surface area contributed by atoms with Crippen LogP contribution < -0.4 is 5.69 Å². The number of aryl methyl sites for hydroxylation is 1. The fourth-order valence-corrected chi connectivity index (χ4v) is 2.85. The van der Waals surface area contributed by atoms with E-state index in [-0.39, 0.29) is 17.3 Å². The van der Waals surface area contributed by atoms with Gasteiger partial charge in [0.25, 0.3) is 11.6 Å². The van der Waals surface area contributed by atoms with Gasteiger partial charge >= 0.3 is 5.69 Å². The second-order valence-electron chi connectivity index (χ2n) is 5.99. The molecule has 9 nitrogen and oxygen atoms in total. The van der Waals surface area contributed by atoms with Crippen molar-refractivity contribution in [1.29, 1.82) is 0 Å². The standard InChI is InChI=1S/C19H13N5O4/c1-11-15(18-22-17(23-28-18)12-6-3-2-4-7-12)16(21-19(25)20-11)13-8-5-9-14(10-13)24(26)27/h2-10H,1H3,(H,20,21,25). The quantitative estimate of drug-likeness (QED) is 0.428. The first-order valence-electron chi connectivity index (χ1n) is 8.28. The van der Waals surface area contributed by atoms with Crippen LogP contribution in [-0.2, 0) is 0 Å². The highest BCUT2D eigenvalue weighted by molar-refractivity contribution is 5.79. The number of benzene rings is 2. The van der Waals surface area contributed by atoms with E-state index in [1.807, 2.05) is 30.3 Å². The topological polar surface area (TPSA) is 128 Å². The summed E-state index contributed by atoms with van der Waals surface area (Å²) < 4.78 is 5.41. The summed E-state index contributed by atoms with van der Waals surface area (Å²) in [6.45, 7) is 1.67. The van der Waals surface area contributed by atoms with Crippen LogP contribution >= 0.6 is 0 Å². The summed E-state index contributed by atoms with van der Waals surface area (Å²) in [6, 6.07) is 15.1. The van der Waals surface area contributed by atoms with Gasteiger partial charge in [-0.1, -0.05) is 47.6 Å². The van der Waals surface area contributed by atoms with Gasteiger partial charge in [0.2, 0.25) is 5.82 Å². The van der Waals surface area contributed by atoms with Crippen LogP contribution in [0.2, 0.25) is 0 Å². The first-order valence-corrected chi connectivity index (χ1v) is 8.28. The molecular formula is C19H13N5O4. The maximum atomic E-state index is 11.9. The summed E-state index contributed by atoms with van der Waals surface area (Å²) >= 11 is 0. The van der Waals surface area contributed by atoms with Crippen molar-refractivity contribution < 1.29 is 9.45 Å². The zero-order valence-electron chi connectivity index (χ0n) is 14.6. The predicted octanol–water partition coefficient (Wildman–Crippen LogP) is 3.37. The van der Waals surface area contributed by atoms with Crippen molar-refractivity contribution in [3.8, 4) is 34.1 Å². The summed E-state index contributed by atoms with van der Waals surface area (Å²) in [4.78, 5) is 33.6. The lowest BCUT2D eigenvalue weighted by molar-refractivity contribution is -0.384. The SMILES string of the molecule is Cc1[nH]c(=O)nc(-c2cccc([N+](=O)[O-])c2)c1-c1nc(-c2ccccc2)no1. The number of aromatic nitrogens is 4. The van der Waals surface area contributed by atoms with Gasteiger partial charge in [0.1, 0.15) is 0 Å². The zero-order valence-corrected chi connectivity index (χ0v) is 14.6. The first-order chi connectivity index (χ1) is 13.5. The number of aromatic amines is 1. The number of nitrogens with one attached hydrogen (secondary N) is 1. The average Bonchev–Trinajstić information content (AvgIpc) is 3.18. The van der Waals surface area contributed by atoms with E-state index in [0.29, 0.717) is 22.6 Å². The summed E-state index contributed by atoms with van der Waals surface area (Å²) in [5.74, 6) is 0.535. The number of rotatable bonds is 4. The Kier molecular flexibility index (Phi) is 4.24. The number of nitro benzene ring substituents is 1. The number of hydrogen-bond acceptors (Lipinski definition) is 7. The Bertz CT molecular complexity index is 1230. The number of nitrogens with zero attached hydrogens (tertiary/aromatic N) is 4. The largest absolute Gasteiger partial charge is 0.345 e. The molecule has 138 valence electrons. The molecule has 0 saturated heterocycles. The maximum Gasteiger partial charge on any atom is 0.345 e. The van der Waals surface area contributed by atoms with E-state index in [0.717, 1.165) is 5.56 Å². The van der Waals surface area contributed by atoms with E-state index < -0.39 is 10.6 Å². The van der Waals surface area contributed by atoms with E-state index in [4.69, 9.17) is 4.52 Å². The summed E-state index contributed by atoms with van der Waals surface area (Å²) in [5.41, 5.74) is 1.58. The van der Waals surface area contributed by atoms with Crippen LogP contribution in [-0.4, -0.2) is 25.0 Å². The molecule has 4 rings (SSSR count). The summed E-state index contributed by atoms with van der Waals surface area (Å²) in [5, 5.41) is 15.1. The summed E-state index contributed by atoms with van der Waals surface area (Å²) in [6.07, 6.45) is 0. The zero-order chi connectivity index (χ0) is 19.7. The van der Waals surface area contributed by atoms with Crippen LogP contribution in [0.1, 0.15) is 5.69 Å². The highest BCUT2D eigenvalue weighted by Crippen LogP contribution is 2.33. The van der Waals surface area contributed by atoms with Crippen LogP contribution in [0.5, 0.6) is 0 Å². The molecular weight excluding hydrogens is 362 g/mol. The number of H-pyrrole nitrogens is 1. The molecule has 0 aliphatic heterocycles. The highest BCUT2D eigenvalue weighted by atomic mass is 16.6. The third-order valence-corrected chi connectivity index (χ3v) is 4.12. The van der Waals surface area contributed by atoms with Gasteiger partial charge in [-0.05, 0) is 6.92 Å². The van der Waals surface area contributed by atoms with Crippen molar-refractivity contribution in [1.82, 2.24) is 20.1 Å². The molecule has 0 spiro atoms. The van der Waals surface area contributed by atoms with Crippen LogP contribution in [0.25, 0.3) is 34.1 Å². The molecule has 28 heavy (non-hydrogen) atoms. The summed E-state index contributed by atoms with van der Waals surface area (Å²) in [7, 11) is 0. The molecule has 2 heterocycles. The lowest BCUT2D eigenvalue weighted by atomic mass is 10.0.